The van der Waals surface area contributed by atoms with Gasteiger partial charge in [0.15, 0.2) is 5.16 Å². The Morgan fingerprint density at radius 3 is 2.59 bits per heavy atom. The second-order valence-corrected chi connectivity index (χ2v) is 7.57. The minimum absolute atomic E-state index is 0.0729. The monoisotopic (exact) mass is 376 g/mol. The fourth-order valence-electron chi connectivity index (χ4n) is 3.42. The summed E-state index contributed by atoms with van der Waals surface area (Å²) in [5.41, 5.74) is 4.50. The summed E-state index contributed by atoms with van der Waals surface area (Å²) in [6.45, 7) is 8.37. The number of hydrogen-bond donors (Lipinski definition) is 0. The molecule has 0 atom stereocenters. The number of aryl methyl sites for hydroxylation is 2. The van der Waals surface area contributed by atoms with E-state index in [2.05, 4.69) is 48.8 Å². The number of para-hydroxylation sites is 1. The summed E-state index contributed by atoms with van der Waals surface area (Å²) in [6.07, 6.45) is 1.70. The van der Waals surface area contributed by atoms with Crippen molar-refractivity contribution in [2.24, 2.45) is 0 Å². The average molecular weight is 376 g/mol. The Bertz CT molecular complexity index is 1200. The molecule has 0 fully saturated rings. The van der Waals surface area contributed by atoms with Crippen LogP contribution in [0.15, 0.2) is 65.1 Å². The van der Waals surface area contributed by atoms with Crippen molar-refractivity contribution in [1.82, 2.24) is 19.2 Å². The molecule has 27 heavy (non-hydrogen) atoms. The molecular weight excluding hydrogens is 356 g/mol. The van der Waals surface area contributed by atoms with Crippen LogP contribution in [0.4, 0.5) is 0 Å². The first-order valence-electron chi connectivity index (χ1n) is 8.76. The SMILES string of the molecule is C=CCn1c(=O)c2ccccc2n2c(SCc3cc(C)cc(C)c3)nnc12. The number of hydrogen-bond acceptors (Lipinski definition) is 4. The van der Waals surface area contributed by atoms with Crippen molar-refractivity contribution in [2.75, 3.05) is 0 Å². The van der Waals surface area contributed by atoms with Crippen LogP contribution in [0.5, 0.6) is 0 Å². The number of aromatic nitrogens is 4. The van der Waals surface area contributed by atoms with Gasteiger partial charge >= 0.3 is 0 Å². The second-order valence-electron chi connectivity index (χ2n) is 6.62. The Morgan fingerprint density at radius 2 is 1.85 bits per heavy atom. The van der Waals surface area contributed by atoms with Crippen molar-refractivity contribution >= 4 is 28.4 Å². The highest BCUT2D eigenvalue weighted by molar-refractivity contribution is 7.98. The zero-order chi connectivity index (χ0) is 19.0. The van der Waals surface area contributed by atoms with E-state index in [1.165, 1.54) is 16.7 Å². The summed E-state index contributed by atoms with van der Waals surface area (Å²) >= 11 is 1.62. The third-order valence-electron chi connectivity index (χ3n) is 4.44. The van der Waals surface area contributed by atoms with Gasteiger partial charge in [0.05, 0.1) is 10.9 Å². The van der Waals surface area contributed by atoms with Gasteiger partial charge in [-0.15, -0.1) is 16.8 Å². The third-order valence-corrected chi connectivity index (χ3v) is 5.44. The Labute approximate surface area is 161 Å². The van der Waals surface area contributed by atoms with Crippen molar-refractivity contribution < 1.29 is 0 Å². The molecule has 0 bridgehead atoms. The molecule has 0 unspecified atom stereocenters. The van der Waals surface area contributed by atoms with E-state index < -0.39 is 0 Å². The lowest BCUT2D eigenvalue weighted by molar-refractivity contribution is 0.783. The standard InChI is InChI=1S/C21H20N4OS/c1-4-9-24-19(26)17-7-5-6-8-18(17)25-20(24)22-23-21(25)27-13-16-11-14(2)10-15(3)12-16/h4-8,10-12H,1,9,13H2,2-3H3. The normalized spacial score (nSPS) is 11.3. The smallest absolute Gasteiger partial charge is 0.263 e. The van der Waals surface area contributed by atoms with Crippen molar-refractivity contribution in [3.8, 4) is 0 Å². The predicted octanol–water partition coefficient (Wildman–Crippen LogP) is 4.14. The summed E-state index contributed by atoms with van der Waals surface area (Å²) in [4.78, 5) is 12.8. The first-order chi connectivity index (χ1) is 13.1. The highest BCUT2D eigenvalue weighted by Crippen LogP contribution is 2.25. The highest BCUT2D eigenvalue weighted by Gasteiger charge is 2.16. The average Bonchev–Trinajstić information content (AvgIpc) is 3.07. The maximum Gasteiger partial charge on any atom is 0.263 e. The van der Waals surface area contributed by atoms with Crippen LogP contribution in [0.25, 0.3) is 16.7 Å². The van der Waals surface area contributed by atoms with E-state index in [1.807, 2.05) is 28.7 Å². The maximum absolute atomic E-state index is 12.8. The molecule has 4 aromatic rings. The van der Waals surface area contributed by atoms with E-state index in [0.29, 0.717) is 17.7 Å². The first kappa shape index (κ1) is 17.5. The molecule has 0 spiro atoms. The predicted molar refractivity (Wildman–Crippen MR) is 110 cm³/mol. The molecule has 0 saturated carbocycles. The number of rotatable bonds is 5. The first-order valence-corrected chi connectivity index (χ1v) is 9.74. The number of thioether (sulfide) groups is 1. The lowest BCUT2D eigenvalue weighted by Crippen LogP contribution is -2.22. The number of fused-ring (bicyclic) bond motifs is 3. The van der Waals surface area contributed by atoms with Crippen molar-refractivity contribution in [1.29, 1.82) is 0 Å². The van der Waals surface area contributed by atoms with Crippen LogP contribution < -0.4 is 5.56 Å². The van der Waals surface area contributed by atoms with E-state index in [0.717, 1.165) is 16.4 Å². The molecule has 0 aliphatic heterocycles. The fraction of sp³-hybridized carbons (Fsp3) is 0.190. The Morgan fingerprint density at radius 1 is 1.11 bits per heavy atom. The van der Waals surface area contributed by atoms with Crippen LogP contribution in [0.2, 0.25) is 0 Å². The van der Waals surface area contributed by atoms with Gasteiger partial charge in [-0.3, -0.25) is 13.8 Å². The molecule has 2 aromatic carbocycles. The molecule has 4 rings (SSSR count). The topological polar surface area (TPSA) is 52.2 Å². The largest absolute Gasteiger partial charge is 0.272 e. The van der Waals surface area contributed by atoms with Crippen LogP contribution in [-0.4, -0.2) is 19.2 Å². The van der Waals surface area contributed by atoms with Crippen LogP contribution in [0.1, 0.15) is 16.7 Å². The van der Waals surface area contributed by atoms with Gasteiger partial charge in [-0.2, -0.15) is 0 Å². The summed E-state index contributed by atoms with van der Waals surface area (Å²) in [7, 11) is 0. The van der Waals surface area contributed by atoms with Gasteiger partial charge in [0.2, 0.25) is 5.78 Å². The van der Waals surface area contributed by atoms with Crippen LogP contribution in [0.3, 0.4) is 0 Å². The quantitative estimate of drug-likeness (QED) is 0.388. The van der Waals surface area contributed by atoms with Crippen LogP contribution >= 0.6 is 11.8 Å². The molecule has 5 nitrogen and oxygen atoms in total. The minimum atomic E-state index is -0.0729. The fourth-order valence-corrected chi connectivity index (χ4v) is 4.29. The van der Waals surface area contributed by atoms with Gasteiger partial charge in [-0.25, -0.2) is 0 Å². The van der Waals surface area contributed by atoms with E-state index >= 15 is 0 Å². The Balaban J connectivity index is 1.84. The molecule has 0 N–H and O–H groups in total. The summed E-state index contributed by atoms with van der Waals surface area (Å²) in [5.74, 6) is 1.33. The molecule has 2 aromatic heterocycles. The van der Waals surface area contributed by atoms with Crippen molar-refractivity contribution in [2.45, 2.75) is 31.3 Å². The van der Waals surface area contributed by atoms with E-state index in [4.69, 9.17) is 0 Å². The molecule has 136 valence electrons. The molecule has 0 amide bonds. The molecule has 0 saturated heterocycles. The summed E-state index contributed by atoms with van der Waals surface area (Å²) in [5, 5.41) is 10.1. The van der Waals surface area contributed by atoms with E-state index in [1.54, 1.807) is 22.4 Å². The Hall–Kier alpha value is -2.86. The highest BCUT2D eigenvalue weighted by atomic mass is 32.2. The van der Waals surface area contributed by atoms with Gasteiger partial charge in [0.1, 0.15) is 0 Å². The van der Waals surface area contributed by atoms with Gasteiger partial charge in [0.25, 0.3) is 5.56 Å². The molecule has 0 radical (unpaired) electrons. The molecule has 6 heteroatoms. The molecule has 2 heterocycles. The molecular formula is C21H20N4OS. The number of allylic oxidation sites excluding steroid dienone is 1. The summed E-state index contributed by atoms with van der Waals surface area (Å²) in [6, 6.07) is 14.1. The van der Waals surface area contributed by atoms with Gasteiger partial charge in [-0.05, 0) is 31.5 Å². The third kappa shape index (κ3) is 3.17. The zero-order valence-electron chi connectivity index (χ0n) is 15.3. The molecule has 0 aliphatic carbocycles. The second kappa shape index (κ2) is 7.04. The minimum Gasteiger partial charge on any atom is -0.272 e. The van der Waals surface area contributed by atoms with E-state index in [-0.39, 0.29) is 5.56 Å². The Kier molecular flexibility index (Phi) is 4.58. The number of nitrogens with zero attached hydrogens (tertiary/aromatic N) is 4. The van der Waals surface area contributed by atoms with Crippen LogP contribution in [0, 0.1) is 13.8 Å². The van der Waals surface area contributed by atoms with Gasteiger partial charge < -0.3 is 0 Å². The molecule has 0 aliphatic rings. The lowest BCUT2D eigenvalue weighted by Gasteiger charge is -2.10. The van der Waals surface area contributed by atoms with Gasteiger partial charge in [0, 0.05) is 12.3 Å². The van der Waals surface area contributed by atoms with E-state index in [9.17, 15) is 4.79 Å². The van der Waals surface area contributed by atoms with Crippen molar-refractivity contribution in [3.63, 3.8) is 0 Å². The number of benzene rings is 2. The lowest BCUT2D eigenvalue weighted by atomic mass is 10.1. The van der Waals surface area contributed by atoms with Crippen molar-refractivity contribution in [3.05, 3.63) is 82.2 Å². The maximum atomic E-state index is 12.8. The van der Waals surface area contributed by atoms with Crippen LogP contribution in [-0.2, 0) is 12.3 Å². The van der Waals surface area contributed by atoms with Gasteiger partial charge in [-0.1, -0.05) is 59.3 Å². The zero-order valence-corrected chi connectivity index (χ0v) is 16.2. The summed E-state index contributed by atoms with van der Waals surface area (Å²) < 4.78 is 3.58.